The van der Waals surface area contributed by atoms with Gasteiger partial charge in [0.25, 0.3) is 0 Å². The molecule has 1 aromatic heterocycles. The Morgan fingerprint density at radius 3 is 2.81 bits per heavy atom. The molecule has 0 bridgehead atoms. The van der Waals surface area contributed by atoms with Crippen LogP contribution in [0.25, 0.3) is 0 Å². The van der Waals surface area contributed by atoms with Gasteiger partial charge in [0.2, 0.25) is 0 Å². The summed E-state index contributed by atoms with van der Waals surface area (Å²) in [4.78, 5) is 0. The van der Waals surface area contributed by atoms with Crippen molar-refractivity contribution >= 4 is 11.6 Å². The quantitative estimate of drug-likeness (QED) is 0.636. The van der Waals surface area contributed by atoms with Gasteiger partial charge in [-0.3, -0.25) is 10.5 Å². The fourth-order valence-corrected chi connectivity index (χ4v) is 2.72. The number of aromatic nitrogens is 2. The van der Waals surface area contributed by atoms with Crippen LogP contribution in [0.3, 0.4) is 0 Å². The van der Waals surface area contributed by atoms with E-state index in [1.807, 2.05) is 29.8 Å². The predicted octanol–water partition coefficient (Wildman–Crippen LogP) is 2.82. The molecular formula is C15H21ClN4O. The highest BCUT2D eigenvalue weighted by Crippen LogP contribution is 2.32. The molecule has 114 valence electrons. The number of halogens is 1. The molecule has 0 aliphatic carbocycles. The lowest BCUT2D eigenvalue weighted by molar-refractivity contribution is 0.398. The van der Waals surface area contributed by atoms with Crippen LogP contribution in [0.5, 0.6) is 5.75 Å². The van der Waals surface area contributed by atoms with Crippen molar-refractivity contribution in [2.45, 2.75) is 32.9 Å². The smallest absolute Gasteiger partial charge is 0.161 e. The molecule has 2 aromatic rings. The molecule has 1 atom stereocenters. The summed E-state index contributed by atoms with van der Waals surface area (Å²) >= 11 is 6.04. The van der Waals surface area contributed by atoms with Crippen molar-refractivity contribution in [3.63, 3.8) is 0 Å². The van der Waals surface area contributed by atoms with Gasteiger partial charge < -0.3 is 4.74 Å². The minimum atomic E-state index is -0.203. The van der Waals surface area contributed by atoms with Gasteiger partial charge in [-0.15, -0.1) is 0 Å². The van der Waals surface area contributed by atoms with Gasteiger partial charge in [0.15, 0.2) is 5.75 Å². The third-order valence-electron chi connectivity index (χ3n) is 3.48. The molecule has 21 heavy (non-hydrogen) atoms. The molecule has 1 aromatic carbocycles. The monoisotopic (exact) mass is 308 g/mol. The van der Waals surface area contributed by atoms with E-state index in [-0.39, 0.29) is 6.04 Å². The Labute approximate surface area is 130 Å². The third kappa shape index (κ3) is 3.20. The minimum Gasteiger partial charge on any atom is -0.493 e. The van der Waals surface area contributed by atoms with Crippen LogP contribution in [0, 0.1) is 6.92 Å². The Kier molecular flexibility index (Phi) is 5.22. The van der Waals surface area contributed by atoms with Crippen molar-refractivity contribution in [2.75, 3.05) is 7.11 Å². The number of benzene rings is 1. The number of hydrogen-bond donors (Lipinski definition) is 2. The van der Waals surface area contributed by atoms with Gasteiger partial charge in [0.05, 0.1) is 19.3 Å². The lowest BCUT2D eigenvalue weighted by atomic mass is 9.98. The van der Waals surface area contributed by atoms with Gasteiger partial charge in [-0.2, -0.15) is 5.10 Å². The van der Waals surface area contributed by atoms with Crippen LogP contribution < -0.4 is 16.0 Å². The summed E-state index contributed by atoms with van der Waals surface area (Å²) in [7, 11) is 1.64. The van der Waals surface area contributed by atoms with E-state index in [1.165, 1.54) is 0 Å². The van der Waals surface area contributed by atoms with Crippen molar-refractivity contribution < 1.29 is 4.74 Å². The number of aryl methyl sites for hydroxylation is 2. The SMILES string of the molecule is CCCn1ncc(OC)c1C(NN)c1ccc(Cl)cc1C. The Morgan fingerprint density at radius 1 is 1.48 bits per heavy atom. The zero-order valence-electron chi connectivity index (χ0n) is 12.6. The van der Waals surface area contributed by atoms with Crippen LogP contribution >= 0.6 is 11.6 Å². The molecule has 3 N–H and O–H groups in total. The largest absolute Gasteiger partial charge is 0.493 e. The first-order chi connectivity index (χ1) is 10.1. The van der Waals surface area contributed by atoms with Gasteiger partial charge >= 0.3 is 0 Å². The molecule has 2 rings (SSSR count). The van der Waals surface area contributed by atoms with E-state index in [9.17, 15) is 0 Å². The van der Waals surface area contributed by atoms with E-state index < -0.39 is 0 Å². The van der Waals surface area contributed by atoms with E-state index in [2.05, 4.69) is 17.4 Å². The Morgan fingerprint density at radius 2 is 2.24 bits per heavy atom. The van der Waals surface area contributed by atoms with E-state index in [0.717, 1.165) is 35.5 Å². The molecule has 0 amide bonds. The third-order valence-corrected chi connectivity index (χ3v) is 3.72. The number of nitrogens with zero attached hydrogens (tertiary/aromatic N) is 2. The average Bonchev–Trinajstić information content (AvgIpc) is 2.85. The summed E-state index contributed by atoms with van der Waals surface area (Å²) < 4.78 is 7.36. The fraction of sp³-hybridized carbons (Fsp3) is 0.400. The molecule has 1 unspecified atom stereocenters. The summed E-state index contributed by atoms with van der Waals surface area (Å²) in [6.07, 6.45) is 2.70. The van der Waals surface area contributed by atoms with Crippen LogP contribution in [0.2, 0.25) is 5.02 Å². The lowest BCUT2D eigenvalue weighted by Crippen LogP contribution is -2.31. The zero-order chi connectivity index (χ0) is 15.4. The highest BCUT2D eigenvalue weighted by Gasteiger charge is 2.23. The summed E-state index contributed by atoms with van der Waals surface area (Å²) in [5, 5.41) is 5.10. The maximum Gasteiger partial charge on any atom is 0.161 e. The topological polar surface area (TPSA) is 65.1 Å². The first kappa shape index (κ1) is 15.8. The second-order valence-corrected chi connectivity index (χ2v) is 5.36. The molecule has 0 radical (unpaired) electrons. The molecule has 1 heterocycles. The lowest BCUT2D eigenvalue weighted by Gasteiger charge is -2.21. The molecule has 6 heteroatoms. The van der Waals surface area contributed by atoms with E-state index in [4.69, 9.17) is 22.2 Å². The highest BCUT2D eigenvalue weighted by molar-refractivity contribution is 6.30. The maximum atomic E-state index is 6.04. The number of hydrazine groups is 1. The van der Waals surface area contributed by atoms with Crippen LogP contribution in [-0.4, -0.2) is 16.9 Å². The van der Waals surface area contributed by atoms with E-state index in [0.29, 0.717) is 5.02 Å². The van der Waals surface area contributed by atoms with Crippen molar-refractivity contribution in [3.05, 3.63) is 46.2 Å². The van der Waals surface area contributed by atoms with Crippen LogP contribution in [0.15, 0.2) is 24.4 Å². The molecule has 0 aliphatic heterocycles. The zero-order valence-corrected chi connectivity index (χ0v) is 13.3. The molecule has 5 nitrogen and oxygen atoms in total. The molecule has 0 aliphatic rings. The number of methoxy groups -OCH3 is 1. The second-order valence-electron chi connectivity index (χ2n) is 4.92. The van der Waals surface area contributed by atoms with Gasteiger partial charge in [-0.1, -0.05) is 24.6 Å². The molecule has 0 spiro atoms. The minimum absolute atomic E-state index is 0.203. The second kappa shape index (κ2) is 6.93. The van der Waals surface area contributed by atoms with Gasteiger partial charge in [-0.25, -0.2) is 5.43 Å². The highest BCUT2D eigenvalue weighted by atomic mass is 35.5. The van der Waals surface area contributed by atoms with Crippen molar-refractivity contribution in [2.24, 2.45) is 5.84 Å². The predicted molar refractivity (Wildman–Crippen MR) is 84.4 cm³/mol. The average molecular weight is 309 g/mol. The number of nitrogens with one attached hydrogen (secondary N) is 1. The van der Waals surface area contributed by atoms with Crippen LogP contribution in [0.1, 0.15) is 36.2 Å². The van der Waals surface area contributed by atoms with Crippen molar-refractivity contribution in [3.8, 4) is 5.75 Å². The molecule has 0 saturated heterocycles. The van der Waals surface area contributed by atoms with Crippen LogP contribution in [0.4, 0.5) is 0 Å². The van der Waals surface area contributed by atoms with Crippen molar-refractivity contribution in [1.82, 2.24) is 15.2 Å². The Hall–Kier alpha value is -1.56. The summed E-state index contributed by atoms with van der Waals surface area (Å²) in [5.74, 6) is 6.53. The van der Waals surface area contributed by atoms with Gasteiger partial charge in [0.1, 0.15) is 5.69 Å². The molecule has 0 fully saturated rings. The van der Waals surface area contributed by atoms with Gasteiger partial charge in [0, 0.05) is 11.6 Å². The van der Waals surface area contributed by atoms with E-state index in [1.54, 1.807) is 13.3 Å². The fourth-order valence-electron chi connectivity index (χ4n) is 2.50. The normalized spacial score (nSPS) is 12.4. The molecule has 0 saturated carbocycles. The van der Waals surface area contributed by atoms with E-state index >= 15 is 0 Å². The molecular weight excluding hydrogens is 288 g/mol. The summed E-state index contributed by atoms with van der Waals surface area (Å²) in [6, 6.07) is 5.56. The number of rotatable bonds is 6. The summed E-state index contributed by atoms with van der Waals surface area (Å²) in [5.41, 5.74) is 5.91. The number of ether oxygens (including phenoxy) is 1. The summed E-state index contributed by atoms with van der Waals surface area (Å²) in [6.45, 7) is 4.93. The van der Waals surface area contributed by atoms with Crippen molar-refractivity contribution in [1.29, 1.82) is 0 Å². The van der Waals surface area contributed by atoms with Crippen LogP contribution in [-0.2, 0) is 6.54 Å². The number of hydrogen-bond acceptors (Lipinski definition) is 4. The first-order valence-electron chi connectivity index (χ1n) is 6.94. The Bertz CT molecular complexity index is 612. The first-order valence-corrected chi connectivity index (χ1v) is 7.32. The number of nitrogens with two attached hydrogens (primary N) is 1. The van der Waals surface area contributed by atoms with Gasteiger partial charge in [-0.05, 0) is 36.6 Å². The Balaban J connectivity index is 2.52. The standard InChI is InChI=1S/C15H21ClN4O/c1-4-7-20-15(13(21-3)9-18-20)14(19-17)12-6-5-11(16)8-10(12)2/h5-6,8-9,14,19H,4,7,17H2,1-3H3. The maximum absolute atomic E-state index is 6.04.